The number of hydrogen-bond acceptors (Lipinski definition) is 3. The van der Waals surface area contributed by atoms with Gasteiger partial charge in [0.05, 0.1) is 5.52 Å². The van der Waals surface area contributed by atoms with E-state index >= 15 is 0 Å². The molecule has 0 spiro atoms. The summed E-state index contributed by atoms with van der Waals surface area (Å²) in [5, 5.41) is 5.75. The zero-order chi connectivity index (χ0) is 21.1. The summed E-state index contributed by atoms with van der Waals surface area (Å²) in [5.41, 5.74) is 4.69. The van der Waals surface area contributed by atoms with Crippen LogP contribution in [0.25, 0.3) is 5.52 Å². The zero-order valence-electron chi connectivity index (χ0n) is 16.8. The van der Waals surface area contributed by atoms with Crippen molar-refractivity contribution >= 4 is 23.0 Å². The topological polar surface area (TPSA) is 75.5 Å². The molecule has 0 atom stereocenters. The molecule has 0 saturated carbocycles. The van der Waals surface area contributed by atoms with E-state index in [1.54, 1.807) is 22.7 Å². The van der Waals surface area contributed by atoms with Crippen LogP contribution < -0.4 is 10.6 Å². The highest BCUT2D eigenvalue weighted by Gasteiger charge is 2.21. The molecule has 2 amide bonds. The first-order valence-electron chi connectivity index (χ1n) is 9.71. The van der Waals surface area contributed by atoms with E-state index in [0.29, 0.717) is 17.7 Å². The lowest BCUT2D eigenvalue weighted by molar-refractivity contribution is 0.0940. The number of anilines is 1. The minimum absolute atomic E-state index is 0.174. The number of pyridine rings is 1. The maximum absolute atomic E-state index is 12.9. The Morgan fingerprint density at radius 2 is 1.63 bits per heavy atom. The largest absolute Gasteiger partial charge is 0.345 e. The molecule has 0 fully saturated rings. The standard InChI is InChI=1S/C24H22N4O2/c1-16-10-12-19(13-11-16)26-23(29)21-20-9-5-6-14-28(20)22(27-21)24(30)25-15-18-8-4-3-7-17(18)2/h3-14H,15H2,1-2H3,(H,25,30)(H,26,29). The molecule has 2 aromatic carbocycles. The predicted molar refractivity (Wildman–Crippen MR) is 117 cm³/mol. The molecule has 0 aliphatic rings. The number of benzene rings is 2. The number of amides is 2. The van der Waals surface area contributed by atoms with Crippen molar-refractivity contribution in [3.63, 3.8) is 0 Å². The normalized spacial score (nSPS) is 10.7. The number of fused-ring (bicyclic) bond motifs is 1. The van der Waals surface area contributed by atoms with E-state index in [0.717, 1.165) is 16.7 Å². The number of aryl methyl sites for hydroxylation is 2. The van der Waals surface area contributed by atoms with Gasteiger partial charge in [-0.3, -0.25) is 14.0 Å². The lowest BCUT2D eigenvalue weighted by atomic mass is 10.1. The summed E-state index contributed by atoms with van der Waals surface area (Å²) in [6.07, 6.45) is 1.73. The minimum Gasteiger partial charge on any atom is -0.345 e. The van der Waals surface area contributed by atoms with Crippen LogP contribution in [0, 0.1) is 13.8 Å². The van der Waals surface area contributed by atoms with Gasteiger partial charge >= 0.3 is 0 Å². The molecular formula is C24H22N4O2. The smallest absolute Gasteiger partial charge is 0.287 e. The maximum atomic E-state index is 12.9. The number of carbonyl (C=O) groups is 2. The quantitative estimate of drug-likeness (QED) is 0.531. The van der Waals surface area contributed by atoms with Gasteiger partial charge in [-0.15, -0.1) is 0 Å². The predicted octanol–water partition coefficient (Wildman–Crippen LogP) is 4.13. The fourth-order valence-electron chi connectivity index (χ4n) is 3.26. The third kappa shape index (κ3) is 3.93. The van der Waals surface area contributed by atoms with Crippen molar-refractivity contribution in [2.75, 3.05) is 5.32 Å². The number of hydrogen-bond donors (Lipinski definition) is 2. The van der Waals surface area contributed by atoms with Gasteiger partial charge in [0.15, 0.2) is 5.69 Å². The average molecular weight is 398 g/mol. The van der Waals surface area contributed by atoms with E-state index < -0.39 is 0 Å². The summed E-state index contributed by atoms with van der Waals surface area (Å²) in [4.78, 5) is 30.1. The molecule has 2 aromatic heterocycles. The van der Waals surface area contributed by atoms with Crippen molar-refractivity contribution < 1.29 is 9.59 Å². The van der Waals surface area contributed by atoms with E-state index in [-0.39, 0.29) is 23.3 Å². The molecule has 4 rings (SSSR count). The van der Waals surface area contributed by atoms with Crippen molar-refractivity contribution in [1.82, 2.24) is 14.7 Å². The van der Waals surface area contributed by atoms with Gasteiger partial charge in [0.1, 0.15) is 0 Å². The molecule has 6 heteroatoms. The first kappa shape index (κ1) is 19.4. The molecule has 150 valence electrons. The van der Waals surface area contributed by atoms with E-state index in [1.807, 2.05) is 68.4 Å². The van der Waals surface area contributed by atoms with Gasteiger partial charge in [-0.05, 0) is 49.2 Å². The summed E-state index contributed by atoms with van der Waals surface area (Å²) in [6.45, 7) is 4.37. The number of nitrogens with zero attached hydrogens (tertiary/aromatic N) is 2. The molecular weight excluding hydrogens is 376 g/mol. The highest BCUT2D eigenvalue weighted by molar-refractivity contribution is 6.08. The van der Waals surface area contributed by atoms with Crippen molar-refractivity contribution in [3.05, 3.63) is 101 Å². The van der Waals surface area contributed by atoms with Crippen molar-refractivity contribution in [1.29, 1.82) is 0 Å². The van der Waals surface area contributed by atoms with Crippen LogP contribution in [0.15, 0.2) is 72.9 Å². The third-order valence-corrected chi connectivity index (χ3v) is 4.98. The first-order chi connectivity index (χ1) is 14.5. The van der Waals surface area contributed by atoms with Crippen molar-refractivity contribution in [2.45, 2.75) is 20.4 Å². The summed E-state index contributed by atoms with van der Waals surface area (Å²) < 4.78 is 1.64. The lowest BCUT2D eigenvalue weighted by Crippen LogP contribution is -2.25. The second-order valence-corrected chi connectivity index (χ2v) is 7.17. The average Bonchev–Trinajstić information content (AvgIpc) is 3.15. The fourth-order valence-corrected chi connectivity index (χ4v) is 3.26. The molecule has 30 heavy (non-hydrogen) atoms. The van der Waals surface area contributed by atoms with Crippen LogP contribution in [-0.2, 0) is 6.54 Å². The number of rotatable bonds is 5. The van der Waals surface area contributed by atoms with E-state index in [4.69, 9.17) is 0 Å². The number of aromatic nitrogens is 2. The monoisotopic (exact) mass is 398 g/mol. The van der Waals surface area contributed by atoms with Crippen molar-refractivity contribution in [3.8, 4) is 0 Å². The van der Waals surface area contributed by atoms with E-state index in [9.17, 15) is 9.59 Å². The van der Waals surface area contributed by atoms with Crippen LogP contribution in [0.3, 0.4) is 0 Å². The SMILES string of the molecule is Cc1ccc(NC(=O)c2nc(C(=O)NCc3ccccc3C)n3ccccc23)cc1. The van der Waals surface area contributed by atoms with Gasteiger partial charge in [-0.1, -0.05) is 48.0 Å². The molecule has 2 N–H and O–H groups in total. The maximum Gasteiger partial charge on any atom is 0.287 e. The molecule has 6 nitrogen and oxygen atoms in total. The lowest BCUT2D eigenvalue weighted by Gasteiger charge is -2.07. The van der Waals surface area contributed by atoms with Gasteiger partial charge in [-0.2, -0.15) is 0 Å². The van der Waals surface area contributed by atoms with Gasteiger partial charge in [0.25, 0.3) is 11.8 Å². The Hall–Kier alpha value is -3.93. The minimum atomic E-state index is -0.361. The highest BCUT2D eigenvalue weighted by Crippen LogP contribution is 2.17. The van der Waals surface area contributed by atoms with Crippen LogP contribution >= 0.6 is 0 Å². The number of nitrogens with one attached hydrogen (secondary N) is 2. The third-order valence-electron chi connectivity index (χ3n) is 4.98. The van der Waals surface area contributed by atoms with Gasteiger partial charge in [-0.25, -0.2) is 4.98 Å². The molecule has 0 saturated heterocycles. The van der Waals surface area contributed by atoms with Crippen molar-refractivity contribution in [2.24, 2.45) is 0 Å². The molecule has 0 aliphatic heterocycles. The zero-order valence-corrected chi connectivity index (χ0v) is 16.8. The number of imidazole rings is 1. The fraction of sp³-hybridized carbons (Fsp3) is 0.125. The van der Waals surface area contributed by atoms with Crippen LogP contribution in [0.5, 0.6) is 0 Å². The van der Waals surface area contributed by atoms with E-state index in [1.165, 1.54) is 0 Å². The molecule has 0 bridgehead atoms. The molecule has 4 aromatic rings. The van der Waals surface area contributed by atoms with Gasteiger partial charge in [0.2, 0.25) is 5.82 Å². The molecule has 0 unspecified atom stereocenters. The summed E-state index contributed by atoms with van der Waals surface area (Å²) in [7, 11) is 0. The molecule has 0 radical (unpaired) electrons. The summed E-state index contributed by atoms with van der Waals surface area (Å²) >= 11 is 0. The van der Waals surface area contributed by atoms with Crippen LogP contribution in [0.2, 0.25) is 0 Å². The number of carbonyl (C=O) groups excluding carboxylic acids is 2. The Bertz CT molecular complexity index is 1230. The van der Waals surface area contributed by atoms with Crippen LogP contribution in [0.1, 0.15) is 37.8 Å². The molecule has 2 heterocycles. The van der Waals surface area contributed by atoms with Crippen LogP contribution in [-0.4, -0.2) is 21.2 Å². The Kier molecular flexibility index (Phi) is 5.30. The second kappa shape index (κ2) is 8.21. The Labute approximate surface area is 174 Å². The summed E-state index contributed by atoms with van der Waals surface area (Å²) in [5.74, 6) is -0.525. The van der Waals surface area contributed by atoms with Crippen LogP contribution in [0.4, 0.5) is 5.69 Å². The Balaban J connectivity index is 1.60. The van der Waals surface area contributed by atoms with Gasteiger partial charge in [0, 0.05) is 18.4 Å². The van der Waals surface area contributed by atoms with E-state index in [2.05, 4.69) is 15.6 Å². The summed E-state index contributed by atoms with van der Waals surface area (Å²) in [6, 6.07) is 20.8. The Morgan fingerprint density at radius 3 is 2.40 bits per heavy atom. The second-order valence-electron chi connectivity index (χ2n) is 7.17. The Morgan fingerprint density at radius 1 is 0.900 bits per heavy atom. The first-order valence-corrected chi connectivity index (χ1v) is 9.71. The molecule has 0 aliphatic carbocycles. The van der Waals surface area contributed by atoms with Gasteiger partial charge < -0.3 is 10.6 Å². The highest BCUT2D eigenvalue weighted by atomic mass is 16.2.